The lowest BCUT2D eigenvalue weighted by Crippen LogP contribution is -2.48. The number of ether oxygens (including phenoxy) is 1. The molecule has 0 saturated carbocycles. The van der Waals surface area contributed by atoms with Crippen molar-refractivity contribution in [3.63, 3.8) is 0 Å². The SMILES string of the molecule is Cc1cccc(CCCOc2ccc(CCC(N)(CO)COP(=O)(O)O)cc2C(F)(F)F)c1. The van der Waals surface area contributed by atoms with Gasteiger partial charge in [-0.05, 0) is 55.9 Å². The van der Waals surface area contributed by atoms with Gasteiger partial charge in [-0.2, -0.15) is 13.2 Å². The molecule has 0 bridgehead atoms. The normalized spacial score (nSPS) is 14.2. The summed E-state index contributed by atoms with van der Waals surface area (Å²) in [6, 6.07) is 11.5. The van der Waals surface area contributed by atoms with E-state index in [-0.39, 0.29) is 30.8 Å². The van der Waals surface area contributed by atoms with Crippen LogP contribution in [0.3, 0.4) is 0 Å². The van der Waals surface area contributed by atoms with Crippen molar-refractivity contribution < 1.29 is 41.9 Å². The molecule has 0 fully saturated rings. The molecule has 0 aliphatic heterocycles. The molecular weight excluding hydrogens is 462 g/mol. The number of aryl methyl sites for hydroxylation is 3. The van der Waals surface area contributed by atoms with Crippen LogP contribution in [0.25, 0.3) is 0 Å². The molecule has 1 unspecified atom stereocenters. The van der Waals surface area contributed by atoms with Gasteiger partial charge in [0, 0.05) is 0 Å². The zero-order chi connectivity index (χ0) is 24.7. The lowest BCUT2D eigenvalue weighted by Gasteiger charge is -2.27. The lowest BCUT2D eigenvalue weighted by atomic mass is 9.93. The van der Waals surface area contributed by atoms with Gasteiger partial charge in [0.05, 0.1) is 30.9 Å². The molecule has 0 aliphatic rings. The molecule has 0 amide bonds. The first-order chi connectivity index (χ1) is 15.3. The van der Waals surface area contributed by atoms with Crippen LogP contribution in [0.2, 0.25) is 0 Å². The largest absolute Gasteiger partial charge is 0.493 e. The Morgan fingerprint density at radius 3 is 2.36 bits per heavy atom. The molecule has 184 valence electrons. The summed E-state index contributed by atoms with van der Waals surface area (Å²) in [6.45, 7) is 0.771. The molecule has 0 radical (unpaired) electrons. The highest BCUT2D eigenvalue weighted by Gasteiger charge is 2.35. The molecular formula is C22H29F3NO6P. The van der Waals surface area contributed by atoms with Crippen LogP contribution in [0, 0.1) is 6.92 Å². The smallest absolute Gasteiger partial charge is 0.469 e. The third-order valence-corrected chi connectivity index (χ3v) is 5.51. The third kappa shape index (κ3) is 9.44. The van der Waals surface area contributed by atoms with Crippen LogP contribution >= 0.6 is 7.82 Å². The van der Waals surface area contributed by atoms with E-state index in [0.717, 1.165) is 17.2 Å². The van der Waals surface area contributed by atoms with Gasteiger partial charge in [0.2, 0.25) is 0 Å². The van der Waals surface area contributed by atoms with E-state index in [9.17, 15) is 22.8 Å². The second-order valence-corrected chi connectivity index (χ2v) is 9.29. The number of aliphatic hydroxyl groups excluding tert-OH is 1. The molecule has 0 aromatic heterocycles. The van der Waals surface area contributed by atoms with Gasteiger partial charge in [0.15, 0.2) is 0 Å². The fourth-order valence-electron chi connectivity index (χ4n) is 3.21. The fourth-order valence-corrected chi connectivity index (χ4v) is 3.63. The Kier molecular flexibility index (Phi) is 9.48. The van der Waals surface area contributed by atoms with Gasteiger partial charge in [-0.1, -0.05) is 35.9 Å². The van der Waals surface area contributed by atoms with Crippen molar-refractivity contribution in [2.45, 2.75) is 44.3 Å². The van der Waals surface area contributed by atoms with E-state index in [4.69, 9.17) is 20.3 Å². The lowest BCUT2D eigenvalue weighted by molar-refractivity contribution is -0.139. The van der Waals surface area contributed by atoms with Crippen LogP contribution in [0.5, 0.6) is 5.75 Å². The molecule has 33 heavy (non-hydrogen) atoms. The van der Waals surface area contributed by atoms with Crippen LogP contribution in [0.1, 0.15) is 35.1 Å². The molecule has 7 nitrogen and oxygen atoms in total. The molecule has 2 aromatic carbocycles. The molecule has 0 heterocycles. The van der Waals surface area contributed by atoms with Crippen LogP contribution in [0.4, 0.5) is 13.2 Å². The predicted octanol–water partition coefficient (Wildman–Crippen LogP) is 3.76. The Labute approximate surface area is 190 Å². The Morgan fingerprint density at radius 1 is 1.06 bits per heavy atom. The summed E-state index contributed by atoms with van der Waals surface area (Å²) in [4.78, 5) is 17.6. The highest BCUT2D eigenvalue weighted by atomic mass is 31.2. The van der Waals surface area contributed by atoms with E-state index in [1.165, 1.54) is 12.1 Å². The molecule has 0 aliphatic carbocycles. The van der Waals surface area contributed by atoms with Gasteiger partial charge in [-0.25, -0.2) is 4.57 Å². The number of nitrogens with two attached hydrogens (primary N) is 1. The van der Waals surface area contributed by atoms with Crippen LogP contribution < -0.4 is 10.5 Å². The minimum atomic E-state index is -4.80. The van der Waals surface area contributed by atoms with Crippen molar-refractivity contribution in [3.05, 3.63) is 64.7 Å². The average molecular weight is 491 g/mol. The second-order valence-electron chi connectivity index (χ2n) is 8.05. The van der Waals surface area contributed by atoms with Crippen molar-refractivity contribution in [3.8, 4) is 5.75 Å². The Bertz CT molecular complexity index is 965. The molecule has 0 spiro atoms. The van der Waals surface area contributed by atoms with Crippen LogP contribution in [0.15, 0.2) is 42.5 Å². The fraction of sp³-hybridized carbons (Fsp3) is 0.455. The van der Waals surface area contributed by atoms with Crippen molar-refractivity contribution >= 4 is 7.82 Å². The van der Waals surface area contributed by atoms with Crippen molar-refractivity contribution in [2.75, 3.05) is 19.8 Å². The highest BCUT2D eigenvalue weighted by Crippen LogP contribution is 2.38. The molecule has 11 heteroatoms. The molecule has 2 rings (SSSR count). The van der Waals surface area contributed by atoms with Gasteiger partial charge in [-0.3, -0.25) is 4.52 Å². The van der Waals surface area contributed by atoms with Gasteiger partial charge in [-0.15, -0.1) is 0 Å². The first kappa shape index (κ1) is 27.3. The third-order valence-electron chi connectivity index (χ3n) is 5.05. The summed E-state index contributed by atoms with van der Waals surface area (Å²) < 4.78 is 61.4. The van der Waals surface area contributed by atoms with E-state index in [0.29, 0.717) is 12.8 Å². The number of hydrogen-bond donors (Lipinski definition) is 4. The van der Waals surface area contributed by atoms with E-state index in [1.54, 1.807) is 0 Å². The molecule has 5 N–H and O–H groups in total. The second kappa shape index (κ2) is 11.5. The van der Waals surface area contributed by atoms with E-state index in [2.05, 4.69) is 4.52 Å². The Morgan fingerprint density at radius 2 is 1.76 bits per heavy atom. The summed E-state index contributed by atoms with van der Waals surface area (Å²) in [5.74, 6) is -0.276. The van der Waals surface area contributed by atoms with E-state index >= 15 is 0 Å². The summed E-state index contributed by atoms with van der Waals surface area (Å²) in [7, 11) is -4.80. The summed E-state index contributed by atoms with van der Waals surface area (Å²) in [5, 5.41) is 9.45. The maximum atomic E-state index is 13.6. The number of phosphoric acid groups is 1. The maximum Gasteiger partial charge on any atom is 0.469 e. The summed E-state index contributed by atoms with van der Waals surface area (Å²) in [5.41, 5.74) is 5.91. The maximum absolute atomic E-state index is 13.6. The number of alkyl halides is 3. The molecule has 1 atom stereocenters. The monoisotopic (exact) mass is 491 g/mol. The standard InChI is InChI=1S/C22H29F3NO6P/c1-16-4-2-5-17(12-16)6-3-11-31-20-8-7-18(13-19(20)22(23,24)25)9-10-21(26,14-27)15-32-33(28,29)30/h2,4-5,7-8,12-13,27H,3,6,9-11,14-15,26H2,1H3,(H2,28,29,30). The average Bonchev–Trinajstić information content (AvgIpc) is 2.73. The van der Waals surface area contributed by atoms with Crippen molar-refractivity contribution in [1.82, 2.24) is 0 Å². The zero-order valence-electron chi connectivity index (χ0n) is 18.2. The van der Waals surface area contributed by atoms with Crippen molar-refractivity contribution in [1.29, 1.82) is 0 Å². The van der Waals surface area contributed by atoms with Gasteiger partial charge >= 0.3 is 14.0 Å². The van der Waals surface area contributed by atoms with Crippen molar-refractivity contribution in [2.24, 2.45) is 5.73 Å². The minimum absolute atomic E-state index is 0.0261. The van der Waals surface area contributed by atoms with Crippen LogP contribution in [-0.4, -0.2) is 40.3 Å². The predicted molar refractivity (Wildman–Crippen MR) is 117 cm³/mol. The highest BCUT2D eigenvalue weighted by molar-refractivity contribution is 7.46. The first-order valence-electron chi connectivity index (χ1n) is 10.3. The minimum Gasteiger partial charge on any atom is -0.493 e. The topological polar surface area (TPSA) is 122 Å². The zero-order valence-corrected chi connectivity index (χ0v) is 19.1. The van der Waals surface area contributed by atoms with Gasteiger partial charge in [0.1, 0.15) is 5.75 Å². The first-order valence-corrected chi connectivity index (χ1v) is 11.8. The summed E-state index contributed by atoms with van der Waals surface area (Å²) >= 11 is 0. The number of hydrogen-bond acceptors (Lipinski definition) is 5. The van der Waals surface area contributed by atoms with E-state index < -0.39 is 38.3 Å². The van der Waals surface area contributed by atoms with Gasteiger partial charge < -0.3 is 25.4 Å². The Balaban J connectivity index is 2.02. The van der Waals surface area contributed by atoms with E-state index in [1.807, 2.05) is 31.2 Å². The quantitative estimate of drug-likeness (QED) is 0.263. The molecule has 0 saturated heterocycles. The number of halogens is 3. The van der Waals surface area contributed by atoms with Gasteiger partial charge in [0.25, 0.3) is 0 Å². The number of rotatable bonds is 12. The summed E-state index contributed by atoms with van der Waals surface area (Å²) in [6.07, 6.45) is -3.44. The van der Waals surface area contributed by atoms with Crippen LogP contribution in [-0.2, 0) is 28.1 Å². The Hall–Kier alpha value is -1.94. The number of benzene rings is 2. The number of aliphatic hydroxyl groups is 1. The number of phosphoric ester groups is 1. The molecule has 2 aromatic rings.